The van der Waals surface area contributed by atoms with Crippen LogP contribution < -0.4 is 4.74 Å². The topological polar surface area (TPSA) is 100 Å². The molecular formula is C22H27NO7. The second-order valence-electron chi connectivity index (χ2n) is 6.41. The predicted molar refractivity (Wildman–Crippen MR) is 110 cm³/mol. The van der Waals surface area contributed by atoms with Gasteiger partial charge in [0.1, 0.15) is 23.5 Å². The van der Waals surface area contributed by atoms with Crippen LogP contribution in [0.4, 0.5) is 0 Å². The maximum Gasteiger partial charge on any atom is 0.356 e. The molecule has 162 valence electrons. The second kappa shape index (κ2) is 12.4. The van der Waals surface area contributed by atoms with Gasteiger partial charge in [-0.3, -0.25) is 9.79 Å². The van der Waals surface area contributed by atoms with Gasteiger partial charge in [0.2, 0.25) is 0 Å². The zero-order chi connectivity index (χ0) is 21.8. The van der Waals surface area contributed by atoms with Gasteiger partial charge in [0.15, 0.2) is 6.04 Å². The van der Waals surface area contributed by atoms with Crippen LogP contribution in [0.15, 0.2) is 41.1 Å². The van der Waals surface area contributed by atoms with Crippen LogP contribution in [0, 0.1) is 0 Å². The highest BCUT2D eigenvalue weighted by Crippen LogP contribution is 2.19. The lowest BCUT2D eigenvalue weighted by Gasteiger charge is -2.20. The molecule has 1 atom stereocenters. The van der Waals surface area contributed by atoms with Crippen molar-refractivity contribution in [1.82, 2.24) is 0 Å². The maximum atomic E-state index is 12.1. The average molecular weight is 417 g/mol. The molecule has 8 nitrogen and oxygen atoms in total. The molecule has 0 spiro atoms. The SMILES string of the molecule is CCOC(=O)C1=NC(C(=O)OCC)CC(OCCCCOc2ccc(C=O)cc2)=C1. The number of esters is 2. The summed E-state index contributed by atoms with van der Waals surface area (Å²) in [5.74, 6) is 0.102. The first-order valence-electron chi connectivity index (χ1n) is 10.00. The van der Waals surface area contributed by atoms with Gasteiger partial charge in [0.25, 0.3) is 0 Å². The Labute approximate surface area is 175 Å². The van der Waals surface area contributed by atoms with Gasteiger partial charge < -0.3 is 18.9 Å². The monoisotopic (exact) mass is 417 g/mol. The third-order valence-corrected chi connectivity index (χ3v) is 4.14. The van der Waals surface area contributed by atoms with Crippen molar-refractivity contribution in [2.45, 2.75) is 39.2 Å². The Kier molecular flexibility index (Phi) is 9.57. The summed E-state index contributed by atoms with van der Waals surface area (Å²) in [6.07, 6.45) is 4.01. The van der Waals surface area contributed by atoms with Crippen molar-refractivity contribution in [2.24, 2.45) is 4.99 Å². The van der Waals surface area contributed by atoms with Crippen LogP contribution in [-0.4, -0.2) is 56.4 Å². The van der Waals surface area contributed by atoms with E-state index in [-0.39, 0.29) is 25.3 Å². The molecule has 0 amide bonds. The van der Waals surface area contributed by atoms with E-state index in [4.69, 9.17) is 18.9 Å². The highest BCUT2D eigenvalue weighted by atomic mass is 16.5. The number of unbranched alkanes of at least 4 members (excludes halogenated alkanes) is 1. The minimum Gasteiger partial charge on any atom is -0.498 e. The first-order chi connectivity index (χ1) is 14.6. The third-order valence-electron chi connectivity index (χ3n) is 4.14. The Morgan fingerprint density at radius 3 is 2.33 bits per heavy atom. The van der Waals surface area contributed by atoms with Gasteiger partial charge in [-0.05, 0) is 51.0 Å². The van der Waals surface area contributed by atoms with Gasteiger partial charge in [0.05, 0.1) is 26.4 Å². The molecule has 1 aromatic rings. The number of dihydropyridines is 1. The van der Waals surface area contributed by atoms with Crippen LogP contribution in [0.5, 0.6) is 5.75 Å². The van der Waals surface area contributed by atoms with Gasteiger partial charge in [-0.15, -0.1) is 0 Å². The molecule has 0 saturated carbocycles. The number of carbonyl (C=O) groups excluding carboxylic acids is 3. The average Bonchev–Trinajstić information content (AvgIpc) is 2.76. The summed E-state index contributed by atoms with van der Waals surface area (Å²) in [4.78, 5) is 38.9. The van der Waals surface area contributed by atoms with E-state index in [1.807, 2.05) is 0 Å². The molecule has 1 aliphatic heterocycles. The summed E-state index contributed by atoms with van der Waals surface area (Å²) in [5.41, 5.74) is 0.654. The number of hydrogen-bond donors (Lipinski definition) is 0. The first kappa shape index (κ1) is 23.1. The molecule has 0 bridgehead atoms. The molecular weight excluding hydrogens is 390 g/mol. The molecule has 1 aromatic carbocycles. The molecule has 0 saturated heterocycles. The molecule has 30 heavy (non-hydrogen) atoms. The van der Waals surface area contributed by atoms with Crippen molar-refractivity contribution in [1.29, 1.82) is 0 Å². The number of hydrogen-bond acceptors (Lipinski definition) is 8. The molecule has 8 heteroatoms. The van der Waals surface area contributed by atoms with E-state index in [1.165, 1.54) is 6.08 Å². The molecule has 1 aliphatic rings. The fourth-order valence-electron chi connectivity index (χ4n) is 2.68. The summed E-state index contributed by atoms with van der Waals surface area (Å²) in [7, 11) is 0. The van der Waals surface area contributed by atoms with Gasteiger partial charge in [-0.25, -0.2) is 9.59 Å². The van der Waals surface area contributed by atoms with Crippen LogP contribution in [-0.2, 0) is 23.8 Å². The van der Waals surface area contributed by atoms with E-state index in [1.54, 1.807) is 38.1 Å². The molecule has 2 rings (SSSR count). The summed E-state index contributed by atoms with van der Waals surface area (Å²) in [6.45, 7) is 4.77. The van der Waals surface area contributed by atoms with E-state index in [0.717, 1.165) is 19.1 Å². The summed E-state index contributed by atoms with van der Waals surface area (Å²) in [5, 5.41) is 0. The second-order valence-corrected chi connectivity index (χ2v) is 6.41. The Hall–Kier alpha value is -3.16. The maximum absolute atomic E-state index is 12.1. The lowest BCUT2D eigenvalue weighted by molar-refractivity contribution is -0.144. The molecule has 0 aromatic heterocycles. The van der Waals surface area contributed by atoms with Crippen molar-refractivity contribution in [2.75, 3.05) is 26.4 Å². The fraction of sp³-hybridized carbons (Fsp3) is 0.455. The van der Waals surface area contributed by atoms with Gasteiger partial charge >= 0.3 is 11.9 Å². The van der Waals surface area contributed by atoms with Crippen molar-refractivity contribution in [3.05, 3.63) is 41.7 Å². The highest BCUT2D eigenvalue weighted by Gasteiger charge is 2.28. The summed E-state index contributed by atoms with van der Waals surface area (Å²) >= 11 is 0. The smallest absolute Gasteiger partial charge is 0.356 e. The lowest BCUT2D eigenvalue weighted by atomic mass is 10.1. The van der Waals surface area contributed by atoms with Crippen molar-refractivity contribution in [3.8, 4) is 5.75 Å². The van der Waals surface area contributed by atoms with Crippen molar-refractivity contribution in [3.63, 3.8) is 0 Å². The zero-order valence-electron chi connectivity index (χ0n) is 17.3. The molecule has 0 N–H and O–H groups in total. The van der Waals surface area contributed by atoms with Crippen LogP contribution in [0.3, 0.4) is 0 Å². The molecule has 1 unspecified atom stereocenters. The lowest BCUT2D eigenvalue weighted by Crippen LogP contribution is -2.30. The number of benzene rings is 1. The zero-order valence-corrected chi connectivity index (χ0v) is 17.3. The molecule has 0 aliphatic carbocycles. The standard InChI is InChI=1S/C22H27NO7/c1-3-27-21(25)19-13-18(14-20(23-19)22(26)28-4-2)30-12-6-5-11-29-17-9-7-16(15-24)8-10-17/h7-10,13,15,20H,3-6,11-12,14H2,1-2H3. The third kappa shape index (κ3) is 7.35. The number of nitrogens with zero attached hydrogens (tertiary/aromatic N) is 1. The molecule has 0 radical (unpaired) electrons. The van der Waals surface area contributed by atoms with E-state index in [2.05, 4.69) is 4.99 Å². The van der Waals surface area contributed by atoms with Gasteiger partial charge in [0, 0.05) is 18.1 Å². The van der Waals surface area contributed by atoms with Crippen molar-refractivity contribution < 1.29 is 33.3 Å². The number of ether oxygens (including phenoxy) is 4. The predicted octanol–water partition coefficient (Wildman–Crippen LogP) is 2.90. The van der Waals surface area contributed by atoms with Crippen molar-refractivity contribution >= 4 is 23.9 Å². The van der Waals surface area contributed by atoms with Crippen LogP contribution in [0.1, 0.15) is 43.5 Å². The Balaban J connectivity index is 1.80. The number of rotatable bonds is 12. The number of aliphatic imine (C=N–C) groups is 1. The van der Waals surface area contributed by atoms with Crippen LogP contribution in [0.25, 0.3) is 0 Å². The van der Waals surface area contributed by atoms with E-state index in [0.29, 0.717) is 30.3 Å². The number of aldehydes is 1. The summed E-state index contributed by atoms with van der Waals surface area (Å²) < 4.78 is 21.4. The Bertz CT molecular complexity index is 783. The fourth-order valence-corrected chi connectivity index (χ4v) is 2.68. The van der Waals surface area contributed by atoms with E-state index >= 15 is 0 Å². The Morgan fingerprint density at radius 1 is 1.03 bits per heavy atom. The Morgan fingerprint density at radius 2 is 1.70 bits per heavy atom. The minimum absolute atomic E-state index is 0.0539. The van der Waals surface area contributed by atoms with E-state index < -0.39 is 18.0 Å². The van der Waals surface area contributed by atoms with Crippen LogP contribution >= 0.6 is 0 Å². The first-order valence-corrected chi connectivity index (χ1v) is 10.00. The van der Waals surface area contributed by atoms with E-state index in [9.17, 15) is 14.4 Å². The highest BCUT2D eigenvalue weighted by molar-refractivity contribution is 6.41. The minimum atomic E-state index is -0.818. The van der Waals surface area contributed by atoms with Crippen LogP contribution in [0.2, 0.25) is 0 Å². The molecule has 0 fully saturated rings. The normalized spacial score (nSPS) is 15.5. The number of carbonyl (C=O) groups is 3. The van der Waals surface area contributed by atoms with Gasteiger partial charge in [-0.2, -0.15) is 0 Å². The molecule has 1 heterocycles. The quantitative estimate of drug-likeness (QED) is 0.293. The summed E-state index contributed by atoms with van der Waals surface area (Å²) in [6, 6.07) is 6.08. The largest absolute Gasteiger partial charge is 0.498 e. The van der Waals surface area contributed by atoms with Gasteiger partial charge in [-0.1, -0.05) is 0 Å².